The third kappa shape index (κ3) is 5.07. The lowest BCUT2D eigenvalue weighted by molar-refractivity contribution is -0.163. The maximum atomic E-state index is 10.6. The van der Waals surface area contributed by atoms with Crippen LogP contribution in [0.2, 0.25) is 0 Å². The molecule has 3 nitrogen and oxygen atoms in total. The fraction of sp³-hybridized carbons (Fsp3) is 0.812. The first-order chi connectivity index (χ1) is 9.40. The summed E-state index contributed by atoms with van der Waals surface area (Å²) in [5.41, 5.74) is 1.36. The summed E-state index contributed by atoms with van der Waals surface area (Å²) in [7, 11) is 0. The van der Waals surface area contributed by atoms with Crippen LogP contribution < -0.4 is 0 Å². The average molecular weight is 266 g/mol. The van der Waals surface area contributed by atoms with E-state index in [9.17, 15) is 4.79 Å². The van der Waals surface area contributed by atoms with Gasteiger partial charge in [-0.2, -0.15) is 0 Å². The number of allylic oxidation sites excluding steroid dienone is 2. The molecule has 0 aromatic carbocycles. The first-order valence-electron chi connectivity index (χ1n) is 7.77. The summed E-state index contributed by atoms with van der Waals surface area (Å²) in [6.07, 6.45) is 13.3. The van der Waals surface area contributed by atoms with Gasteiger partial charge in [-0.3, -0.25) is 4.79 Å². The molecule has 1 saturated carbocycles. The molecular weight excluding hydrogens is 240 g/mol. The molecule has 0 radical (unpaired) electrons. The number of rotatable bonds is 6. The van der Waals surface area contributed by atoms with Crippen LogP contribution in [-0.2, 0) is 14.3 Å². The molecule has 0 amide bonds. The second-order valence-electron chi connectivity index (χ2n) is 5.63. The third-order valence-corrected chi connectivity index (χ3v) is 4.21. The molecule has 1 saturated heterocycles. The normalized spacial score (nSPS) is 30.4. The van der Waals surface area contributed by atoms with E-state index in [1.807, 2.05) is 0 Å². The second kappa shape index (κ2) is 8.49. The minimum Gasteiger partial charge on any atom is -0.353 e. The summed E-state index contributed by atoms with van der Waals surface area (Å²) in [4.78, 5) is 10.6. The summed E-state index contributed by atoms with van der Waals surface area (Å²) in [6.45, 7) is 1.63. The van der Waals surface area contributed by atoms with Gasteiger partial charge in [0.05, 0.1) is 0 Å². The van der Waals surface area contributed by atoms with Crippen molar-refractivity contribution in [3.05, 3.63) is 11.6 Å². The van der Waals surface area contributed by atoms with E-state index in [2.05, 4.69) is 0 Å². The van der Waals surface area contributed by atoms with Crippen molar-refractivity contribution in [3.63, 3.8) is 0 Å². The van der Waals surface area contributed by atoms with E-state index < -0.39 is 0 Å². The van der Waals surface area contributed by atoms with Crippen LogP contribution in [0.25, 0.3) is 0 Å². The highest BCUT2D eigenvalue weighted by molar-refractivity contribution is 5.66. The van der Waals surface area contributed by atoms with Crippen molar-refractivity contribution < 1.29 is 14.3 Å². The molecule has 2 atom stereocenters. The lowest BCUT2D eigenvalue weighted by atomic mass is 9.81. The minimum absolute atomic E-state index is 0.0325. The maximum absolute atomic E-state index is 10.6. The Hall–Kier alpha value is -0.670. The lowest BCUT2D eigenvalue weighted by Crippen LogP contribution is -2.23. The standard InChI is InChI=1S/C16H26O3/c17-11-10-15-7-2-1-6-14(15)8-5-13-19-16-9-3-4-12-18-16/h10-11,14,16H,1-9,12-13H2/b15-10+. The molecule has 3 heteroatoms. The van der Waals surface area contributed by atoms with E-state index in [0.717, 1.165) is 45.2 Å². The van der Waals surface area contributed by atoms with Crippen molar-refractivity contribution in [2.24, 2.45) is 5.92 Å². The van der Waals surface area contributed by atoms with Gasteiger partial charge in [0.1, 0.15) is 6.29 Å². The monoisotopic (exact) mass is 266 g/mol. The largest absolute Gasteiger partial charge is 0.353 e. The zero-order valence-electron chi connectivity index (χ0n) is 11.8. The smallest absolute Gasteiger partial charge is 0.157 e. The molecular formula is C16H26O3. The highest BCUT2D eigenvalue weighted by Crippen LogP contribution is 2.32. The van der Waals surface area contributed by atoms with Gasteiger partial charge in [0.15, 0.2) is 6.29 Å². The van der Waals surface area contributed by atoms with Crippen LogP contribution in [0.1, 0.15) is 57.8 Å². The van der Waals surface area contributed by atoms with Gasteiger partial charge >= 0.3 is 0 Å². The number of carbonyl (C=O) groups is 1. The highest BCUT2D eigenvalue weighted by atomic mass is 16.7. The van der Waals surface area contributed by atoms with E-state index in [-0.39, 0.29) is 6.29 Å². The average Bonchev–Trinajstić information content (AvgIpc) is 2.47. The molecule has 108 valence electrons. The molecule has 1 aliphatic heterocycles. The van der Waals surface area contributed by atoms with Crippen LogP contribution in [0, 0.1) is 5.92 Å². The van der Waals surface area contributed by atoms with Crippen molar-refractivity contribution in [1.82, 2.24) is 0 Å². The Bertz CT molecular complexity index is 292. The molecule has 2 fully saturated rings. The van der Waals surface area contributed by atoms with Crippen molar-refractivity contribution in [2.45, 2.75) is 64.1 Å². The maximum Gasteiger partial charge on any atom is 0.157 e. The molecule has 0 aromatic rings. The fourth-order valence-corrected chi connectivity index (χ4v) is 3.13. The molecule has 0 bridgehead atoms. The third-order valence-electron chi connectivity index (χ3n) is 4.21. The van der Waals surface area contributed by atoms with Crippen LogP contribution >= 0.6 is 0 Å². The number of aldehydes is 1. The topological polar surface area (TPSA) is 35.5 Å². The number of carbonyl (C=O) groups excluding carboxylic acids is 1. The van der Waals surface area contributed by atoms with E-state index >= 15 is 0 Å². The predicted molar refractivity (Wildman–Crippen MR) is 74.9 cm³/mol. The van der Waals surface area contributed by atoms with E-state index in [1.54, 1.807) is 6.08 Å². The van der Waals surface area contributed by atoms with Crippen LogP contribution in [0.15, 0.2) is 11.6 Å². The molecule has 19 heavy (non-hydrogen) atoms. The Morgan fingerprint density at radius 3 is 2.89 bits per heavy atom. The summed E-state index contributed by atoms with van der Waals surface area (Å²) >= 11 is 0. The van der Waals surface area contributed by atoms with Gasteiger partial charge in [0.25, 0.3) is 0 Å². The van der Waals surface area contributed by atoms with Gasteiger partial charge in [0, 0.05) is 13.2 Å². The fourth-order valence-electron chi connectivity index (χ4n) is 3.13. The molecule has 2 rings (SSSR count). The molecule has 1 aliphatic carbocycles. The zero-order valence-corrected chi connectivity index (χ0v) is 11.8. The molecule has 0 aromatic heterocycles. The molecule has 1 heterocycles. The van der Waals surface area contributed by atoms with E-state index in [0.29, 0.717) is 5.92 Å². The highest BCUT2D eigenvalue weighted by Gasteiger charge is 2.19. The van der Waals surface area contributed by atoms with Gasteiger partial charge < -0.3 is 9.47 Å². The van der Waals surface area contributed by atoms with Crippen molar-refractivity contribution in [1.29, 1.82) is 0 Å². The number of hydrogen-bond acceptors (Lipinski definition) is 3. The van der Waals surface area contributed by atoms with Gasteiger partial charge in [-0.15, -0.1) is 0 Å². The Labute approximate surface area is 116 Å². The van der Waals surface area contributed by atoms with Gasteiger partial charge in [-0.25, -0.2) is 0 Å². The summed E-state index contributed by atoms with van der Waals surface area (Å²) in [5, 5.41) is 0. The SMILES string of the molecule is O=C/C=C1\CCCCC1CCCOC1CCCCO1. The quantitative estimate of drug-likeness (QED) is 0.418. The number of hydrogen-bond donors (Lipinski definition) is 0. The Morgan fingerprint density at radius 2 is 2.11 bits per heavy atom. The van der Waals surface area contributed by atoms with Crippen LogP contribution in [0.4, 0.5) is 0 Å². The summed E-state index contributed by atoms with van der Waals surface area (Å²) in [6, 6.07) is 0. The van der Waals surface area contributed by atoms with Gasteiger partial charge in [-0.1, -0.05) is 12.0 Å². The molecule has 2 aliphatic rings. The zero-order chi connectivity index (χ0) is 13.3. The van der Waals surface area contributed by atoms with Crippen molar-refractivity contribution in [3.8, 4) is 0 Å². The first kappa shape index (κ1) is 14.7. The first-order valence-corrected chi connectivity index (χ1v) is 7.77. The van der Waals surface area contributed by atoms with Crippen LogP contribution in [-0.4, -0.2) is 25.8 Å². The van der Waals surface area contributed by atoms with Crippen LogP contribution in [0.3, 0.4) is 0 Å². The Kier molecular flexibility index (Phi) is 6.58. The molecule has 0 spiro atoms. The van der Waals surface area contributed by atoms with Crippen LogP contribution in [0.5, 0.6) is 0 Å². The Morgan fingerprint density at radius 1 is 1.21 bits per heavy atom. The van der Waals surface area contributed by atoms with E-state index in [4.69, 9.17) is 9.47 Å². The second-order valence-corrected chi connectivity index (χ2v) is 5.63. The molecule has 2 unspecified atom stereocenters. The van der Waals surface area contributed by atoms with Crippen molar-refractivity contribution >= 4 is 6.29 Å². The summed E-state index contributed by atoms with van der Waals surface area (Å²) < 4.78 is 11.3. The van der Waals surface area contributed by atoms with E-state index in [1.165, 1.54) is 37.7 Å². The number of ether oxygens (including phenoxy) is 2. The molecule has 0 N–H and O–H groups in total. The predicted octanol–water partition coefficient (Wildman–Crippen LogP) is 3.63. The van der Waals surface area contributed by atoms with Gasteiger partial charge in [-0.05, 0) is 63.4 Å². The van der Waals surface area contributed by atoms with Crippen molar-refractivity contribution in [2.75, 3.05) is 13.2 Å². The summed E-state index contributed by atoms with van der Waals surface area (Å²) in [5.74, 6) is 0.606. The Balaban J connectivity index is 1.63. The van der Waals surface area contributed by atoms with Gasteiger partial charge in [0.2, 0.25) is 0 Å². The lowest BCUT2D eigenvalue weighted by Gasteiger charge is -2.26. The minimum atomic E-state index is 0.0325.